The highest BCUT2D eigenvalue weighted by Gasteiger charge is 2.59. The Labute approximate surface area is 202 Å². The van der Waals surface area contributed by atoms with Gasteiger partial charge >= 0.3 is 5.97 Å². The van der Waals surface area contributed by atoms with Gasteiger partial charge in [-0.2, -0.15) is 0 Å². The van der Waals surface area contributed by atoms with Gasteiger partial charge in [0.25, 0.3) is 11.6 Å². The van der Waals surface area contributed by atoms with Crippen molar-refractivity contribution < 1.29 is 33.0 Å². The maximum Gasteiger partial charge on any atom is 0.333 e. The summed E-state index contributed by atoms with van der Waals surface area (Å²) in [7, 11) is -1.57. The van der Waals surface area contributed by atoms with Crippen LogP contribution >= 0.6 is 0 Å². The molecule has 0 saturated carbocycles. The van der Waals surface area contributed by atoms with Crippen LogP contribution in [0, 0.1) is 10.1 Å². The minimum Gasteiger partial charge on any atom is -0.484 e. The molecule has 2 saturated heterocycles. The number of β-lactam (4-membered cyclic amide) rings is 1. The van der Waals surface area contributed by atoms with E-state index >= 15 is 0 Å². The summed E-state index contributed by atoms with van der Waals surface area (Å²) in [5.41, 5.74) is 0.683. The zero-order chi connectivity index (χ0) is 25.1. The van der Waals surface area contributed by atoms with Gasteiger partial charge in [0.15, 0.2) is 12.6 Å². The third-order valence-electron chi connectivity index (χ3n) is 5.52. The molecule has 182 valence electrons. The zero-order valence-corrected chi connectivity index (χ0v) is 19.1. The molecule has 4 rings (SSSR count). The van der Waals surface area contributed by atoms with E-state index in [-0.39, 0.29) is 30.2 Å². The number of hydrogen-bond acceptors (Lipinski definition) is 8. The number of para-hydroxylation sites is 1. The molecule has 0 bridgehead atoms. The van der Waals surface area contributed by atoms with Crippen molar-refractivity contribution in [2.24, 2.45) is 0 Å². The molecule has 2 amide bonds. The minimum atomic E-state index is -1.57. The van der Waals surface area contributed by atoms with Gasteiger partial charge in [-0.1, -0.05) is 24.8 Å². The lowest BCUT2D eigenvalue weighted by molar-refractivity contribution is -0.384. The van der Waals surface area contributed by atoms with Crippen molar-refractivity contribution in [3.05, 3.63) is 82.4 Å². The topological polar surface area (TPSA) is 145 Å². The van der Waals surface area contributed by atoms with Gasteiger partial charge in [-0.05, 0) is 35.4 Å². The molecule has 2 aliphatic rings. The summed E-state index contributed by atoms with van der Waals surface area (Å²) >= 11 is 0. The third-order valence-corrected chi connectivity index (χ3v) is 7.22. The molecule has 0 spiro atoms. The van der Waals surface area contributed by atoms with E-state index in [1.807, 2.05) is 0 Å². The van der Waals surface area contributed by atoms with Gasteiger partial charge in [0.1, 0.15) is 23.8 Å². The van der Waals surface area contributed by atoms with Gasteiger partial charge in [-0.15, -0.1) is 0 Å². The fourth-order valence-electron chi connectivity index (χ4n) is 3.82. The fourth-order valence-corrected chi connectivity index (χ4v) is 5.49. The number of carbonyl (C=O) groups is 3. The van der Waals surface area contributed by atoms with E-state index in [0.29, 0.717) is 11.3 Å². The average Bonchev–Trinajstić information content (AvgIpc) is 2.85. The molecule has 1 N–H and O–H groups in total. The summed E-state index contributed by atoms with van der Waals surface area (Å²) < 4.78 is 23.4. The number of benzene rings is 2. The van der Waals surface area contributed by atoms with Crippen molar-refractivity contribution in [2.75, 3.05) is 12.4 Å². The number of nitro benzene ring substituents is 1. The lowest BCUT2D eigenvalue weighted by Gasteiger charge is -2.52. The molecule has 0 aliphatic carbocycles. The van der Waals surface area contributed by atoms with Crippen LogP contribution in [-0.4, -0.2) is 61.6 Å². The van der Waals surface area contributed by atoms with Crippen LogP contribution < -0.4 is 10.1 Å². The van der Waals surface area contributed by atoms with Crippen LogP contribution in [0.4, 0.5) is 5.69 Å². The first kappa shape index (κ1) is 24.1. The second kappa shape index (κ2) is 10.1. The molecule has 0 radical (unpaired) electrons. The highest BCUT2D eigenvalue weighted by atomic mass is 32.2. The zero-order valence-electron chi connectivity index (χ0n) is 18.3. The number of nitro groups is 1. The Morgan fingerprint density at radius 2 is 1.86 bits per heavy atom. The molecule has 2 fully saturated rings. The Kier molecular flexibility index (Phi) is 6.92. The largest absolute Gasteiger partial charge is 0.484 e. The van der Waals surface area contributed by atoms with Crippen LogP contribution in [0.3, 0.4) is 0 Å². The highest BCUT2D eigenvalue weighted by Crippen LogP contribution is 2.34. The second-order valence-corrected chi connectivity index (χ2v) is 9.43. The van der Waals surface area contributed by atoms with Crippen LogP contribution in [0.5, 0.6) is 5.75 Å². The first-order valence-electron chi connectivity index (χ1n) is 10.5. The normalized spacial score (nSPS) is 23.0. The molecular weight excluding hydrogens is 478 g/mol. The Hall–Kier alpha value is -4.06. The van der Waals surface area contributed by atoms with Crippen LogP contribution in [0.25, 0.3) is 0 Å². The lowest BCUT2D eigenvalue weighted by atomic mass is 9.98. The van der Waals surface area contributed by atoms with Crippen molar-refractivity contribution in [3.8, 4) is 5.75 Å². The van der Waals surface area contributed by atoms with Crippen LogP contribution in [0.2, 0.25) is 0 Å². The van der Waals surface area contributed by atoms with Crippen LogP contribution in [0.1, 0.15) is 5.56 Å². The highest BCUT2D eigenvalue weighted by molar-refractivity contribution is 7.86. The number of ether oxygens (including phenoxy) is 2. The molecular formula is C23H21N3O8S. The van der Waals surface area contributed by atoms with Crippen molar-refractivity contribution in [1.82, 2.24) is 10.2 Å². The smallest absolute Gasteiger partial charge is 0.333 e. The van der Waals surface area contributed by atoms with Crippen molar-refractivity contribution in [3.63, 3.8) is 0 Å². The summed E-state index contributed by atoms with van der Waals surface area (Å²) in [4.78, 5) is 49.2. The molecule has 4 atom stereocenters. The molecule has 2 heterocycles. The average molecular weight is 500 g/mol. The van der Waals surface area contributed by atoms with E-state index in [1.54, 1.807) is 30.3 Å². The van der Waals surface area contributed by atoms with E-state index in [9.17, 15) is 28.7 Å². The summed E-state index contributed by atoms with van der Waals surface area (Å²) in [6.45, 7) is 3.28. The first-order valence-corrected chi connectivity index (χ1v) is 11.9. The summed E-state index contributed by atoms with van der Waals surface area (Å²) in [5, 5.41) is 12.4. The van der Waals surface area contributed by atoms with Gasteiger partial charge in [-0.3, -0.25) is 23.9 Å². The van der Waals surface area contributed by atoms with Crippen molar-refractivity contribution >= 4 is 34.3 Å². The molecule has 2 aromatic carbocycles. The molecule has 12 heteroatoms. The van der Waals surface area contributed by atoms with Crippen LogP contribution in [0.15, 0.2) is 66.7 Å². The Bertz CT molecular complexity index is 1200. The first-order chi connectivity index (χ1) is 16.8. The third kappa shape index (κ3) is 5.06. The Morgan fingerprint density at radius 3 is 2.51 bits per heavy atom. The minimum absolute atomic E-state index is 0.0291. The van der Waals surface area contributed by atoms with E-state index in [2.05, 4.69) is 11.9 Å². The molecule has 2 aromatic rings. The SMILES string of the molecule is C=C1CS(=O)[C@@H]2[C@H](NC(=O)COc3ccccc3)C(=O)N2C1C(=O)OCc1ccc([N+](=O)[O-])cc1. The summed E-state index contributed by atoms with van der Waals surface area (Å²) in [6, 6.07) is 11.9. The van der Waals surface area contributed by atoms with Crippen LogP contribution in [-0.2, 0) is 36.5 Å². The molecule has 2 unspecified atom stereocenters. The summed E-state index contributed by atoms with van der Waals surface area (Å²) in [6.07, 6.45) is 0. The molecule has 11 nitrogen and oxygen atoms in total. The van der Waals surface area contributed by atoms with E-state index in [0.717, 1.165) is 4.90 Å². The number of amides is 2. The molecule has 2 aliphatic heterocycles. The van der Waals surface area contributed by atoms with E-state index in [1.165, 1.54) is 24.3 Å². The quantitative estimate of drug-likeness (QED) is 0.187. The summed E-state index contributed by atoms with van der Waals surface area (Å²) in [5.74, 6) is -1.45. The number of nitrogens with one attached hydrogen (secondary N) is 1. The Balaban J connectivity index is 1.36. The monoisotopic (exact) mass is 499 g/mol. The van der Waals surface area contributed by atoms with Gasteiger partial charge < -0.3 is 19.7 Å². The maximum absolute atomic E-state index is 12.8. The van der Waals surface area contributed by atoms with Gasteiger partial charge in [0, 0.05) is 17.9 Å². The fraction of sp³-hybridized carbons (Fsp3) is 0.261. The number of fused-ring (bicyclic) bond motifs is 1. The maximum atomic E-state index is 12.8. The Morgan fingerprint density at radius 1 is 1.17 bits per heavy atom. The number of non-ortho nitro benzene ring substituents is 1. The predicted molar refractivity (Wildman–Crippen MR) is 123 cm³/mol. The number of rotatable bonds is 8. The van der Waals surface area contributed by atoms with Gasteiger partial charge in [0.05, 0.1) is 15.7 Å². The number of carbonyl (C=O) groups excluding carboxylic acids is 3. The number of hydrogen-bond donors (Lipinski definition) is 1. The second-order valence-electron chi connectivity index (χ2n) is 7.90. The number of nitrogens with zero attached hydrogens (tertiary/aromatic N) is 2. The molecule has 35 heavy (non-hydrogen) atoms. The lowest BCUT2D eigenvalue weighted by Crippen LogP contribution is -2.77. The van der Waals surface area contributed by atoms with E-state index in [4.69, 9.17) is 9.47 Å². The van der Waals surface area contributed by atoms with Crippen molar-refractivity contribution in [1.29, 1.82) is 0 Å². The van der Waals surface area contributed by atoms with E-state index < -0.39 is 51.0 Å². The number of esters is 1. The molecule has 0 aromatic heterocycles. The van der Waals surface area contributed by atoms with Crippen molar-refractivity contribution in [2.45, 2.75) is 24.1 Å². The predicted octanol–water partition coefficient (Wildman–Crippen LogP) is 1.06. The van der Waals surface area contributed by atoms with Gasteiger partial charge in [-0.25, -0.2) is 4.79 Å². The standard InChI is InChI=1S/C23H21N3O8S/c1-14-13-35(32)22-19(24-18(27)12-33-17-5-3-2-4-6-17)21(28)25(22)20(14)23(29)34-11-15-7-9-16(10-8-15)26(30)31/h2-10,19-20,22H,1,11-13H2,(H,24,27)/t19-,20?,22-,35?/m1/s1. The van der Waals surface area contributed by atoms with Gasteiger partial charge in [0.2, 0.25) is 5.91 Å².